The summed E-state index contributed by atoms with van der Waals surface area (Å²) in [5.74, 6) is -0.385. The minimum Gasteiger partial charge on any atom is -0.398 e. The number of nitrogens with zero attached hydrogens (tertiary/aromatic N) is 1. The highest BCUT2D eigenvalue weighted by Gasteiger charge is 2.27. The monoisotopic (exact) mass is 204 g/mol. The summed E-state index contributed by atoms with van der Waals surface area (Å²) in [6.45, 7) is 5.31. The van der Waals surface area contributed by atoms with E-state index in [2.05, 4.69) is 12.6 Å². The van der Waals surface area contributed by atoms with Crippen molar-refractivity contribution in [2.75, 3.05) is 5.73 Å². The normalized spacial score (nSPS) is 13.9. The standard InChI is InChI=1S/C12H13FN2/c1-3-6-12(2,8-14)10-7-9(13)4-5-11(10)15/h3-5,7H,1,6,15H2,2H3. The molecule has 1 atom stereocenters. The number of nitriles is 1. The molecule has 1 aromatic carbocycles. The van der Waals surface area contributed by atoms with Crippen LogP contribution in [0.1, 0.15) is 18.9 Å². The number of hydrogen-bond donors (Lipinski definition) is 1. The number of rotatable bonds is 3. The van der Waals surface area contributed by atoms with Crippen molar-refractivity contribution in [1.29, 1.82) is 5.26 Å². The van der Waals surface area contributed by atoms with Crippen molar-refractivity contribution >= 4 is 5.69 Å². The van der Waals surface area contributed by atoms with E-state index in [1.807, 2.05) is 0 Å². The molecule has 0 spiro atoms. The molecular formula is C12H13FN2. The van der Waals surface area contributed by atoms with Crippen LogP contribution in [0.5, 0.6) is 0 Å². The number of nitrogens with two attached hydrogens (primary N) is 1. The molecule has 0 aliphatic carbocycles. The first-order valence-corrected chi connectivity index (χ1v) is 4.61. The number of hydrogen-bond acceptors (Lipinski definition) is 2. The second-order valence-corrected chi connectivity index (χ2v) is 3.67. The molecule has 1 unspecified atom stereocenters. The van der Waals surface area contributed by atoms with Crippen LogP contribution < -0.4 is 5.73 Å². The van der Waals surface area contributed by atoms with E-state index in [0.717, 1.165) is 0 Å². The van der Waals surface area contributed by atoms with E-state index in [4.69, 9.17) is 11.0 Å². The van der Waals surface area contributed by atoms with Gasteiger partial charge >= 0.3 is 0 Å². The molecule has 78 valence electrons. The predicted molar refractivity (Wildman–Crippen MR) is 58.6 cm³/mol. The van der Waals surface area contributed by atoms with Gasteiger partial charge in [-0.2, -0.15) is 5.26 Å². The van der Waals surface area contributed by atoms with Crippen LogP contribution >= 0.6 is 0 Å². The van der Waals surface area contributed by atoms with Gasteiger partial charge in [-0.15, -0.1) is 6.58 Å². The van der Waals surface area contributed by atoms with Gasteiger partial charge in [0.15, 0.2) is 0 Å². The van der Waals surface area contributed by atoms with Gasteiger partial charge in [-0.1, -0.05) is 6.08 Å². The molecular weight excluding hydrogens is 191 g/mol. The first kappa shape index (κ1) is 11.3. The van der Waals surface area contributed by atoms with Crippen LogP contribution in [0.2, 0.25) is 0 Å². The van der Waals surface area contributed by atoms with Gasteiger partial charge in [0.05, 0.1) is 11.5 Å². The lowest BCUT2D eigenvalue weighted by atomic mass is 9.80. The molecule has 0 aromatic heterocycles. The van der Waals surface area contributed by atoms with Crippen LogP contribution in [0.25, 0.3) is 0 Å². The summed E-state index contributed by atoms with van der Waals surface area (Å²) in [5, 5.41) is 9.11. The zero-order valence-corrected chi connectivity index (χ0v) is 8.63. The van der Waals surface area contributed by atoms with Crippen molar-refractivity contribution in [3.05, 3.63) is 42.2 Å². The smallest absolute Gasteiger partial charge is 0.123 e. The summed E-state index contributed by atoms with van der Waals surface area (Å²) in [7, 11) is 0. The Labute approximate surface area is 88.8 Å². The number of halogens is 1. The highest BCUT2D eigenvalue weighted by Crippen LogP contribution is 2.32. The van der Waals surface area contributed by atoms with Crippen LogP contribution in [0.15, 0.2) is 30.9 Å². The van der Waals surface area contributed by atoms with Gasteiger partial charge < -0.3 is 5.73 Å². The molecule has 0 saturated carbocycles. The highest BCUT2D eigenvalue weighted by molar-refractivity contribution is 5.53. The van der Waals surface area contributed by atoms with E-state index in [1.165, 1.54) is 18.2 Å². The molecule has 2 nitrogen and oxygen atoms in total. The molecule has 0 bridgehead atoms. The molecule has 1 rings (SSSR count). The number of anilines is 1. The minimum atomic E-state index is -0.812. The third kappa shape index (κ3) is 2.16. The van der Waals surface area contributed by atoms with Crippen LogP contribution in [0.3, 0.4) is 0 Å². The van der Waals surface area contributed by atoms with E-state index in [-0.39, 0.29) is 5.82 Å². The first-order valence-electron chi connectivity index (χ1n) is 4.61. The Balaban J connectivity index is 3.29. The fourth-order valence-electron chi connectivity index (χ4n) is 1.51. The summed E-state index contributed by atoms with van der Waals surface area (Å²) in [4.78, 5) is 0. The molecule has 2 N–H and O–H groups in total. The summed E-state index contributed by atoms with van der Waals surface area (Å²) in [6, 6.07) is 6.21. The highest BCUT2D eigenvalue weighted by atomic mass is 19.1. The van der Waals surface area contributed by atoms with Gasteiger partial charge in [0.2, 0.25) is 0 Å². The zero-order valence-electron chi connectivity index (χ0n) is 8.63. The molecule has 0 amide bonds. The van der Waals surface area contributed by atoms with E-state index in [1.54, 1.807) is 13.0 Å². The Morgan fingerprint density at radius 3 is 2.87 bits per heavy atom. The lowest BCUT2D eigenvalue weighted by Gasteiger charge is -2.22. The van der Waals surface area contributed by atoms with E-state index < -0.39 is 5.41 Å². The molecule has 3 heteroatoms. The average molecular weight is 204 g/mol. The number of nitrogen functional groups attached to an aromatic ring is 1. The van der Waals surface area contributed by atoms with Gasteiger partial charge in [-0.3, -0.25) is 0 Å². The Hall–Kier alpha value is -1.82. The maximum atomic E-state index is 13.1. The molecule has 1 aromatic rings. The van der Waals surface area contributed by atoms with Gasteiger partial charge in [-0.05, 0) is 37.1 Å². The number of allylic oxidation sites excluding steroid dienone is 1. The Kier molecular flexibility index (Phi) is 3.11. The van der Waals surface area contributed by atoms with Crippen molar-refractivity contribution in [3.63, 3.8) is 0 Å². The van der Waals surface area contributed by atoms with Gasteiger partial charge in [0, 0.05) is 5.69 Å². The van der Waals surface area contributed by atoms with Crippen molar-refractivity contribution in [2.24, 2.45) is 0 Å². The van der Waals surface area contributed by atoms with Crippen LogP contribution in [-0.4, -0.2) is 0 Å². The fraction of sp³-hybridized carbons (Fsp3) is 0.250. The molecule has 0 heterocycles. The minimum absolute atomic E-state index is 0.385. The largest absolute Gasteiger partial charge is 0.398 e. The third-order valence-electron chi connectivity index (χ3n) is 2.41. The topological polar surface area (TPSA) is 49.8 Å². The molecule has 15 heavy (non-hydrogen) atoms. The molecule has 0 aliphatic heterocycles. The van der Waals surface area contributed by atoms with Crippen molar-refractivity contribution in [3.8, 4) is 6.07 Å². The molecule has 0 radical (unpaired) electrons. The SMILES string of the molecule is C=CCC(C)(C#N)c1cc(F)ccc1N. The molecule has 0 aliphatic rings. The van der Waals surface area contributed by atoms with Crippen LogP contribution in [-0.2, 0) is 5.41 Å². The summed E-state index contributed by atoms with van der Waals surface area (Å²) in [6.07, 6.45) is 2.07. The quantitative estimate of drug-likeness (QED) is 0.608. The maximum absolute atomic E-state index is 13.1. The first-order chi connectivity index (χ1) is 7.03. The predicted octanol–water partition coefficient (Wildman–Crippen LogP) is 2.77. The van der Waals surface area contributed by atoms with Crippen LogP contribution in [0.4, 0.5) is 10.1 Å². The Morgan fingerprint density at radius 2 is 2.33 bits per heavy atom. The molecule has 0 fully saturated rings. The lowest BCUT2D eigenvalue weighted by Crippen LogP contribution is -2.20. The maximum Gasteiger partial charge on any atom is 0.123 e. The Morgan fingerprint density at radius 1 is 1.67 bits per heavy atom. The average Bonchev–Trinajstić information content (AvgIpc) is 2.22. The Bertz CT molecular complexity index is 420. The third-order valence-corrected chi connectivity index (χ3v) is 2.41. The zero-order chi connectivity index (χ0) is 11.5. The van der Waals surface area contributed by atoms with E-state index in [9.17, 15) is 4.39 Å². The second kappa shape index (κ2) is 4.14. The summed E-state index contributed by atoms with van der Waals surface area (Å²) >= 11 is 0. The fourth-order valence-corrected chi connectivity index (χ4v) is 1.51. The summed E-state index contributed by atoms with van der Waals surface area (Å²) < 4.78 is 13.1. The van der Waals surface area contributed by atoms with Gasteiger partial charge in [0.25, 0.3) is 0 Å². The molecule has 0 saturated heterocycles. The van der Waals surface area contributed by atoms with E-state index in [0.29, 0.717) is 17.7 Å². The lowest BCUT2D eigenvalue weighted by molar-refractivity contribution is 0.595. The number of benzene rings is 1. The van der Waals surface area contributed by atoms with E-state index >= 15 is 0 Å². The summed E-state index contributed by atoms with van der Waals surface area (Å²) in [5.41, 5.74) is 5.87. The van der Waals surface area contributed by atoms with Crippen molar-refractivity contribution in [1.82, 2.24) is 0 Å². The van der Waals surface area contributed by atoms with Crippen molar-refractivity contribution < 1.29 is 4.39 Å². The second-order valence-electron chi connectivity index (χ2n) is 3.67. The van der Waals surface area contributed by atoms with Gasteiger partial charge in [0.1, 0.15) is 5.82 Å². The van der Waals surface area contributed by atoms with Crippen LogP contribution in [0, 0.1) is 17.1 Å². The van der Waals surface area contributed by atoms with Gasteiger partial charge in [-0.25, -0.2) is 4.39 Å². The van der Waals surface area contributed by atoms with Crippen molar-refractivity contribution in [2.45, 2.75) is 18.8 Å².